The van der Waals surface area contributed by atoms with Crippen LogP contribution in [0.25, 0.3) is 11.3 Å². The molecule has 0 fully saturated rings. The molecule has 0 atom stereocenters. The highest BCUT2D eigenvalue weighted by Gasteiger charge is 2.28. The number of nitrogens with zero attached hydrogens (tertiary/aromatic N) is 3. The van der Waals surface area contributed by atoms with E-state index in [0.717, 1.165) is 34.5 Å². The van der Waals surface area contributed by atoms with Crippen LogP contribution in [0.4, 0.5) is 5.69 Å². The molecule has 0 saturated carbocycles. The molecule has 2 heterocycles. The number of hydrogen-bond donors (Lipinski definition) is 1. The van der Waals surface area contributed by atoms with Crippen molar-refractivity contribution in [1.29, 1.82) is 0 Å². The van der Waals surface area contributed by atoms with Gasteiger partial charge in [0, 0.05) is 11.1 Å². The minimum Gasteiger partial charge on any atom is -0.355 e. The number of hydrogen-bond acceptors (Lipinski definition) is 4. The maximum atomic E-state index is 13.1. The molecule has 32 heavy (non-hydrogen) atoms. The Balaban J connectivity index is 1.40. The summed E-state index contributed by atoms with van der Waals surface area (Å²) >= 11 is 12.2. The summed E-state index contributed by atoms with van der Waals surface area (Å²) in [6.45, 7) is 4.29. The lowest BCUT2D eigenvalue weighted by molar-refractivity contribution is 0.101. The Morgan fingerprint density at radius 1 is 1.12 bits per heavy atom. The van der Waals surface area contributed by atoms with Gasteiger partial charge in [-0.3, -0.25) is 9.48 Å². The Morgan fingerprint density at radius 2 is 1.94 bits per heavy atom. The van der Waals surface area contributed by atoms with Gasteiger partial charge in [-0.05, 0) is 49.9 Å². The van der Waals surface area contributed by atoms with Crippen LogP contribution in [0.2, 0.25) is 10.0 Å². The van der Waals surface area contributed by atoms with Crippen molar-refractivity contribution in [2.45, 2.75) is 33.2 Å². The number of nitrogens with one attached hydrogen (secondary N) is 1. The van der Waals surface area contributed by atoms with Gasteiger partial charge in [0.2, 0.25) is 0 Å². The van der Waals surface area contributed by atoms with Gasteiger partial charge in [0.05, 0.1) is 33.7 Å². The molecule has 5 rings (SSSR count). The van der Waals surface area contributed by atoms with E-state index in [9.17, 15) is 4.79 Å². The number of rotatable bonds is 4. The molecular formula is C24H20Cl2N4O2. The van der Waals surface area contributed by atoms with Gasteiger partial charge in [0.1, 0.15) is 0 Å². The zero-order valence-electron chi connectivity index (χ0n) is 17.6. The monoisotopic (exact) mass is 466 g/mol. The molecule has 1 aliphatic rings. The first-order valence-electron chi connectivity index (χ1n) is 10.3. The molecule has 0 radical (unpaired) electrons. The van der Waals surface area contributed by atoms with Crippen molar-refractivity contribution in [2.24, 2.45) is 0 Å². The molecule has 0 bridgehead atoms. The molecule has 2 aromatic heterocycles. The highest BCUT2D eigenvalue weighted by Crippen LogP contribution is 2.35. The minimum atomic E-state index is -0.297. The van der Waals surface area contributed by atoms with Crippen molar-refractivity contribution in [3.63, 3.8) is 0 Å². The van der Waals surface area contributed by atoms with E-state index in [-0.39, 0.29) is 5.91 Å². The van der Waals surface area contributed by atoms with Gasteiger partial charge >= 0.3 is 0 Å². The van der Waals surface area contributed by atoms with Gasteiger partial charge in [-0.25, -0.2) is 0 Å². The van der Waals surface area contributed by atoms with Crippen molar-refractivity contribution in [3.8, 4) is 11.3 Å². The molecule has 6 nitrogen and oxygen atoms in total. The fourth-order valence-corrected chi connectivity index (χ4v) is 4.49. The normalized spacial score (nSPS) is 12.4. The smallest absolute Gasteiger partial charge is 0.278 e. The topological polar surface area (TPSA) is 73.0 Å². The summed E-state index contributed by atoms with van der Waals surface area (Å²) in [7, 11) is 0. The fraction of sp³-hybridized carbons (Fsp3) is 0.208. The number of benzene rings is 2. The van der Waals surface area contributed by atoms with E-state index < -0.39 is 0 Å². The fourth-order valence-electron chi connectivity index (χ4n) is 4.17. The summed E-state index contributed by atoms with van der Waals surface area (Å²) in [6.07, 6.45) is 1.57. The van der Waals surface area contributed by atoms with Crippen LogP contribution in [0.5, 0.6) is 0 Å². The Hall–Kier alpha value is -3.09. The van der Waals surface area contributed by atoms with Crippen molar-refractivity contribution in [1.82, 2.24) is 14.9 Å². The van der Waals surface area contributed by atoms with Crippen molar-refractivity contribution < 1.29 is 9.32 Å². The number of carbonyl (C=O) groups excluding carboxylic acids is 1. The highest BCUT2D eigenvalue weighted by molar-refractivity contribution is 6.42. The average Bonchev–Trinajstić information content (AvgIpc) is 3.33. The van der Waals surface area contributed by atoms with Crippen molar-refractivity contribution >= 4 is 34.8 Å². The van der Waals surface area contributed by atoms with Crippen LogP contribution in [0.1, 0.15) is 38.6 Å². The predicted octanol–water partition coefficient (Wildman–Crippen LogP) is 5.86. The first kappa shape index (κ1) is 20.8. The van der Waals surface area contributed by atoms with E-state index in [1.54, 1.807) is 6.07 Å². The molecule has 162 valence electrons. The van der Waals surface area contributed by atoms with E-state index >= 15 is 0 Å². The Labute approximate surface area is 195 Å². The zero-order valence-corrected chi connectivity index (χ0v) is 19.1. The lowest BCUT2D eigenvalue weighted by Gasteiger charge is -2.14. The first-order valence-corrected chi connectivity index (χ1v) is 11.0. The van der Waals surface area contributed by atoms with E-state index in [2.05, 4.69) is 21.6 Å². The Kier molecular flexibility index (Phi) is 5.27. The van der Waals surface area contributed by atoms with Gasteiger partial charge in [-0.2, -0.15) is 5.10 Å². The molecule has 1 N–H and O–H groups in total. The van der Waals surface area contributed by atoms with Crippen LogP contribution in [-0.2, 0) is 19.4 Å². The lowest BCUT2D eigenvalue weighted by Crippen LogP contribution is -2.17. The molecule has 4 aromatic rings. The molecule has 8 heteroatoms. The van der Waals surface area contributed by atoms with Crippen LogP contribution in [0.15, 0.2) is 47.0 Å². The second-order valence-corrected chi connectivity index (χ2v) is 8.72. The Bertz CT molecular complexity index is 1360. The number of halogens is 2. The van der Waals surface area contributed by atoms with Gasteiger partial charge in [-0.1, -0.05) is 58.7 Å². The summed E-state index contributed by atoms with van der Waals surface area (Å²) in [5, 5.41) is 12.7. The standard InChI is InChI=1S/C24H20Cl2N4O2/c1-13-21(14(2)30(28-13)12-15-7-10-19(25)20(26)11-15)27-24(31)22-18-9-8-16-5-3-4-6-17(16)23(18)32-29-22/h3-7,10-11H,8-9,12H2,1-2H3,(H,27,31). The molecule has 0 aliphatic heterocycles. The van der Waals surface area contributed by atoms with E-state index in [1.165, 1.54) is 5.56 Å². The number of fused-ring (bicyclic) bond motifs is 3. The maximum absolute atomic E-state index is 13.1. The first-order chi connectivity index (χ1) is 15.4. The van der Waals surface area contributed by atoms with Crippen LogP contribution in [-0.4, -0.2) is 20.8 Å². The number of aromatic nitrogens is 3. The van der Waals surface area contributed by atoms with Crippen molar-refractivity contribution in [3.05, 3.63) is 86.3 Å². The number of anilines is 1. The van der Waals surface area contributed by atoms with E-state index in [0.29, 0.717) is 40.2 Å². The average molecular weight is 467 g/mol. The van der Waals surface area contributed by atoms with Crippen LogP contribution < -0.4 is 5.32 Å². The number of carbonyl (C=O) groups is 1. The van der Waals surface area contributed by atoms with Gasteiger partial charge in [-0.15, -0.1) is 0 Å². The second-order valence-electron chi connectivity index (χ2n) is 7.90. The summed E-state index contributed by atoms with van der Waals surface area (Å²) in [6, 6.07) is 13.5. The Morgan fingerprint density at radius 3 is 2.75 bits per heavy atom. The van der Waals surface area contributed by atoms with Crippen LogP contribution in [0, 0.1) is 13.8 Å². The lowest BCUT2D eigenvalue weighted by atomic mass is 9.89. The highest BCUT2D eigenvalue weighted by atomic mass is 35.5. The van der Waals surface area contributed by atoms with Crippen molar-refractivity contribution in [2.75, 3.05) is 5.32 Å². The SMILES string of the molecule is Cc1nn(Cc2ccc(Cl)c(Cl)c2)c(C)c1NC(=O)c1noc2c1CCc1ccccc1-2. The molecule has 1 amide bonds. The summed E-state index contributed by atoms with van der Waals surface area (Å²) < 4.78 is 7.42. The summed E-state index contributed by atoms with van der Waals surface area (Å²) in [4.78, 5) is 13.1. The quantitative estimate of drug-likeness (QED) is 0.408. The molecular weight excluding hydrogens is 447 g/mol. The largest absolute Gasteiger partial charge is 0.355 e. The minimum absolute atomic E-state index is 0.297. The maximum Gasteiger partial charge on any atom is 0.278 e. The van der Waals surface area contributed by atoms with Gasteiger partial charge in [0.25, 0.3) is 5.91 Å². The number of aryl methyl sites for hydroxylation is 2. The molecule has 0 unspecified atom stereocenters. The van der Waals surface area contributed by atoms with Gasteiger partial charge in [0.15, 0.2) is 11.5 Å². The van der Waals surface area contributed by atoms with E-state index in [4.69, 9.17) is 27.7 Å². The molecule has 1 aliphatic carbocycles. The number of amides is 1. The van der Waals surface area contributed by atoms with Gasteiger partial charge < -0.3 is 9.84 Å². The molecule has 0 saturated heterocycles. The molecule has 2 aromatic carbocycles. The predicted molar refractivity (Wildman–Crippen MR) is 125 cm³/mol. The summed E-state index contributed by atoms with van der Waals surface area (Å²) in [5.41, 5.74) is 6.57. The third-order valence-electron chi connectivity index (χ3n) is 5.85. The third-order valence-corrected chi connectivity index (χ3v) is 6.58. The second kappa shape index (κ2) is 8.11. The third kappa shape index (κ3) is 3.59. The summed E-state index contributed by atoms with van der Waals surface area (Å²) in [5.74, 6) is 0.385. The van der Waals surface area contributed by atoms with Crippen LogP contribution >= 0.6 is 23.2 Å². The molecule has 0 spiro atoms. The zero-order chi connectivity index (χ0) is 22.4. The van der Waals surface area contributed by atoms with E-state index in [1.807, 2.05) is 48.9 Å². The van der Waals surface area contributed by atoms with Crippen LogP contribution in [0.3, 0.4) is 0 Å².